The summed E-state index contributed by atoms with van der Waals surface area (Å²) in [5, 5.41) is 2.61. The lowest BCUT2D eigenvalue weighted by molar-refractivity contribution is -0.115. The Morgan fingerprint density at radius 3 is 2.65 bits per heavy atom. The lowest BCUT2D eigenvalue weighted by atomic mass is 10.1. The van der Waals surface area contributed by atoms with Gasteiger partial charge in [-0.15, -0.1) is 0 Å². The maximum atomic E-state index is 11.7. The number of carbonyl (C=O) groups excluding carboxylic acids is 1. The van der Waals surface area contributed by atoms with Crippen molar-refractivity contribution in [3.63, 3.8) is 0 Å². The van der Waals surface area contributed by atoms with Crippen LogP contribution in [0.4, 0.5) is 0 Å². The maximum Gasteiger partial charge on any atom is 0.263 e. The van der Waals surface area contributed by atoms with E-state index in [1.165, 1.54) is 17.3 Å². The van der Waals surface area contributed by atoms with Crippen LogP contribution >= 0.6 is 24.0 Å². The van der Waals surface area contributed by atoms with Crippen LogP contribution in [0.25, 0.3) is 6.08 Å². The summed E-state index contributed by atoms with van der Waals surface area (Å²) in [6, 6.07) is 13.7. The summed E-state index contributed by atoms with van der Waals surface area (Å²) < 4.78 is 12.0. The highest BCUT2D eigenvalue weighted by molar-refractivity contribution is 8.26. The summed E-state index contributed by atoms with van der Waals surface area (Å²) in [5.74, 6) is 1.45. The van der Waals surface area contributed by atoms with Gasteiger partial charge in [0, 0.05) is 0 Å². The number of thioether (sulfide) groups is 1. The van der Waals surface area contributed by atoms with Crippen molar-refractivity contribution in [3.05, 3.63) is 64.1 Å². The summed E-state index contributed by atoms with van der Waals surface area (Å²) in [7, 11) is 0. The average Bonchev–Trinajstić information content (AvgIpc) is 2.91. The third-order valence-corrected chi connectivity index (χ3v) is 4.90. The molecule has 134 valence electrons. The first-order chi connectivity index (χ1) is 12.5. The normalized spacial score (nSPS) is 15.2. The predicted molar refractivity (Wildman–Crippen MR) is 110 cm³/mol. The number of aryl methyl sites for hydroxylation is 2. The Hall–Kier alpha value is -2.31. The number of benzene rings is 2. The molecule has 0 aliphatic carbocycles. The third-order valence-electron chi connectivity index (χ3n) is 3.74. The van der Waals surface area contributed by atoms with Gasteiger partial charge in [-0.3, -0.25) is 4.79 Å². The molecule has 0 aromatic heterocycles. The molecule has 1 saturated heterocycles. The van der Waals surface area contributed by atoms with E-state index < -0.39 is 0 Å². The highest BCUT2D eigenvalue weighted by atomic mass is 32.2. The molecule has 2 aromatic carbocycles. The Kier molecular flexibility index (Phi) is 5.96. The molecule has 0 atom stereocenters. The van der Waals surface area contributed by atoms with Crippen LogP contribution in [0.5, 0.6) is 11.5 Å². The lowest BCUT2D eigenvalue weighted by Gasteiger charge is -2.11. The molecule has 0 spiro atoms. The predicted octanol–water partition coefficient (Wildman–Crippen LogP) is 4.25. The molecule has 0 radical (unpaired) electrons. The summed E-state index contributed by atoms with van der Waals surface area (Å²) in [6.07, 6.45) is 1.80. The highest BCUT2D eigenvalue weighted by Gasteiger charge is 2.21. The third kappa shape index (κ3) is 4.86. The number of hydrogen-bond acceptors (Lipinski definition) is 5. The molecule has 2 aromatic rings. The summed E-state index contributed by atoms with van der Waals surface area (Å²) in [5.41, 5.74) is 3.22. The van der Waals surface area contributed by atoms with Crippen LogP contribution in [0.3, 0.4) is 0 Å². The number of ether oxygens (including phenoxy) is 2. The average molecular weight is 386 g/mol. The van der Waals surface area contributed by atoms with E-state index in [9.17, 15) is 4.79 Å². The van der Waals surface area contributed by atoms with Crippen LogP contribution in [-0.2, 0) is 4.79 Å². The van der Waals surface area contributed by atoms with Crippen molar-refractivity contribution >= 4 is 40.3 Å². The van der Waals surface area contributed by atoms with E-state index in [0.29, 0.717) is 22.4 Å². The van der Waals surface area contributed by atoms with Crippen molar-refractivity contribution in [2.24, 2.45) is 0 Å². The van der Waals surface area contributed by atoms with Gasteiger partial charge in [-0.25, -0.2) is 0 Å². The Labute approximate surface area is 162 Å². The smallest absolute Gasteiger partial charge is 0.263 e. The lowest BCUT2D eigenvalue weighted by Crippen LogP contribution is -2.17. The Bertz CT molecular complexity index is 877. The Morgan fingerprint density at radius 2 is 1.92 bits per heavy atom. The molecule has 1 N–H and O–H groups in total. The molecule has 0 unspecified atom stereocenters. The zero-order chi connectivity index (χ0) is 18.5. The molecular weight excluding hydrogens is 366 g/mol. The molecule has 0 bridgehead atoms. The maximum absolute atomic E-state index is 11.7. The molecule has 3 rings (SSSR count). The monoisotopic (exact) mass is 385 g/mol. The summed E-state index contributed by atoms with van der Waals surface area (Å²) in [4.78, 5) is 12.3. The van der Waals surface area contributed by atoms with Gasteiger partial charge in [0.15, 0.2) is 0 Å². The van der Waals surface area contributed by atoms with E-state index in [1.54, 1.807) is 6.08 Å². The molecule has 26 heavy (non-hydrogen) atoms. The van der Waals surface area contributed by atoms with Crippen molar-refractivity contribution in [1.29, 1.82) is 0 Å². The van der Waals surface area contributed by atoms with E-state index in [0.717, 1.165) is 22.6 Å². The molecule has 1 fully saturated rings. The second kappa shape index (κ2) is 8.38. The van der Waals surface area contributed by atoms with E-state index in [2.05, 4.69) is 18.3 Å². The van der Waals surface area contributed by atoms with Gasteiger partial charge in [0.1, 0.15) is 29.0 Å². The fourth-order valence-corrected chi connectivity index (χ4v) is 3.58. The van der Waals surface area contributed by atoms with Gasteiger partial charge >= 0.3 is 0 Å². The van der Waals surface area contributed by atoms with Gasteiger partial charge in [-0.2, -0.15) is 0 Å². The first-order valence-electron chi connectivity index (χ1n) is 8.19. The molecule has 1 aliphatic rings. The fourth-order valence-electron chi connectivity index (χ4n) is 2.54. The number of rotatable bonds is 6. The summed E-state index contributed by atoms with van der Waals surface area (Å²) >= 11 is 6.26. The Morgan fingerprint density at radius 1 is 1.12 bits per heavy atom. The van der Waals surface area contributed by atoms with E-state index in [1.807, 2.05) is 43.3 Å². The minimum Gasteiger partial charge on any atom is -0.490 e. The van der Waals surface area contributed by atoms with E-state index >= 15 is 0 Å². The van der Waals surface area contributed by atoms with Crippen molar-refractivity contribution < 1.29 is 14.3 Å². The zero-order valence-corrected chi connectivity index (χ0v) is 16.2. The molecule has 1 heterocycles. The van der Waals surface area contributed by atoms with Crippen molar-refractivity contribution in [1.82, 2.24) is 5.32 Å². The first kappa shape index (κ1) is 18.5. The molecule has 0 saturated carbocycles. The minimum atomic E-state index is -0.159. The van der Waals surface area contributed by atoms with Crippen molar-refractivity contribution in [2.45, 2.75) is 13.8 Å². The van der Waals surface area contributed by atoms with E-state index in [-0.39, 0.29) is 5.91 Å². The topological polar surface area (TPSA) is 47.6 Å². The Balaban J connectivity index is 1.55. The fraction of sp³-hybridized carbons (Fsp3) is 0.200. The molecular formula is C20H19NO3S2. The van der Waals surface area contributed by atoms with Crippen molar-refractivity contribution in [2.75, 3.05) is 13.2 Å². The van der Waals surface area contributed by atoms with E-state index in [4.69, 9.17) is 21.7 Å². The van der Waals surface area contributed by atoms with Crippen LogP contribution in [-0.4, -0.2) is 23.4 Å². The second-order valence-electron chi connectivity index (χ2n) is 5.89. The van der Waals surface area contributed by atoms with Gasteiger partial charge < -0.3 is 14.8 Å². The van der Waals surface area contributed by atoms with Crippen LogP contribution in [0.1, 0.15) is 16.7 Å². The molecule has 1 aliphatic heterocycles. The largest absolute Gasteiger partial charge is 0.490 e. The first-order valence-corrected chi connectivity index (χ1v) is 9.41. The van der Waals surface area contributed by atoms with Crippen LogP contribution in [0, 0.1) is 13.8 Å². The summed E-state index contributed by atoms with van der Waals surface area (Å²) in [6.45, 7) is 4.99. The van der Waals surface area contributed by atoms with Gasteiger partial charge in [-0.05, 0) is 49.2 Å². The molecule has 4 nitrogen and oxygen atoms in total. The van der Waals surface area contributed by atoms with Crippen LogP contribution in [0.2, 0.25) is 0 Å². The van der Waals surface area contributed by atoms with Gasteiger partial charge in [0.2, 0.25) is 0 Å². The zero-order valence-electron chi connectivity index (χ0n) is 14.6. The quantitative estimate of drug-likeness (QED) is 0.458. The molecule has 1 amide bonds. The number of hydrogen-bond donors (Lipinski definition) is 1. The highest BCUT2D eigenvalue weighted by Crippen LogP contribution is 2.27. The minimum absolute atomic E-state index is 0.159. The standard InChI is InChI=1S/C20H19NO3S2/c1-13-6-7-17(14(2)10-13)24-9-8-23-16-5-3-4-15(11-16)12-18-19(22)21-20(25)26-18/h3-7,10-12H,8-9H2,1-2H3,(H,21,22,25)/b18-12-. The van der Waals surface area contributed by atoms with Gasteiger partial charge in [0.25, 0.3) is 5.91 Å². The van der Waals surface area contributed by atoms with Crippen LogP contribution in [0.15, 0.2) is 47.4 Å². The number of nitrogens with one attached hydrogen (secondary N) is 1. The molecule has 6 heteroatoms. The van der Waals surface area contributed by atoms with Crippen LogP contribution < -0.4 is 14.8 Å². The van der Waals surface area contributed by atoms with Crippen molar-refractivity contribution in [3.8, 4) is 11.5 Å². The van der Waals surface area contributed by atoms with Gasteiger partial charge in [-0.1, -0.05) is 53.8 Å². The number of amides is 1. The number of carbonyl (C=O) groups is 1. The SMILES string of the molecule is Cc1ccc(OCCOc2cccc(/C=C3\SC(=S)NC3=O)c2)c(C)c1. The number of thiocarbonyl (C=S) groups is 1. The van der Waals surface area contributed by atoms with Gasteiger partial charge in [0.05, 0.1) is 4.91 Å². The second-order valence-corrected chi connectivity index (χ2v) is 7.61.